The fraction of sp³-hybridized carbons (Fsp3) is 1.00. The monoisotopic (exact) mass is 366 g/mol. The first-order chi connectivity index (χ1) is 9.84. The minimum absolute atomic E-state index is 0.0293. The van der Waals surface area contributed by atoms with Gasteiger partial charge in [0.05, 0.1) is 66.2 Å². The third-order valence-corrected chi connectivity index (χ3v) is 18.0. The molecule has 22 heavy (non-hydrogen) atoms. The lowest BCUT2D eigenvalue weighted by atomic mass is 9.96. The van der Waals surface area contributed by atoms with Crippen molar-refractivity contribution >= 4 is 29.6 Å². The summed E-state index contributed by atoms with van der Waals surface area (Å²) in [6, 6.07) is -0.213. The molecule has 2 radical (unpaired) electrons. The molecule has 0 amide bonds. The minimum Gasteiger partial charge on any atom is -0.382 e. The van der Waals surface area contributed by atoms with Gasteiger partial charge in [-0.3, -0.25) is 4.84 Å². The maximum Gasteiger partial charge on any atom is 0.162 e. The molecule has 1 aliphatic heterocycles. The van der Waals surface area contributed by atoms with Crippen molar-refractivity contribution in [3.63, 3.8) is 0 Å². The van der Waals surface area contributed by atoms with Crippen LogP contribution in [-0.4, -0.2) is 90.7 Å². The summed E-state index contributed by atoms with van der Waals surface area (Å²) in [7, 11) is 3.45. The van der Waals surface area contributed by atoms with Gasteiger partial charge in [0.1, 0.15) is 14.0 Å². The van der Waals surface area contributed by atoms with Crippen LogP contribution in [0.1, 0.15) is 12.8 Å². The zero-order chi connectivity index (χ0) is 17.2. The first-order valence-corrected chi connectivity index (χ1v) is 17.5. The summed E-state index contributed by atoms with van der Waals surface area (Å²) in [5.74, 6) is 8.30. The quantitative estimate of drug-likeness (QED) is 0.407. The van der Waals surface area contributed by atoms with Crippen LogP contribution in [0.3, 0.4) is 0 Å². The molecule has 0 bridgehead atoms. The maximum absolute atomic E-state index is 5.86. The maximum atomic E-state index is 5.86. The Labute approximate surface area is 141 Å². The normalized spacial score (nSPS) is 27.4. The average molecular weight is 366 g/mol. The summed E-state index contributed by atoms with van der Waals surface area (Å²) in [4.78, 5) is 5.04. The molecule has 0 saturated carbocycles. The number of nitrogens with two attached hydrogens (primary N) is 1. The zero-order valence-electron chi connectivity index (χ0n) is 15.6. The summed E-state index contributed by atoms with van der Waals surface area (Å²) >= 11 is 0. The van der Waals surface area contributed by atoms with Crippen LogP contribution in [0.15, 0.2) is 0 Å². The molecule has 0 aliphatic carbocycles. The van der Waals surface area contributed by atoms with Gasteiger partial charge in [-0.15, -0.1) is 0 Å². The SMILES string of the molecule is [B][C@H]1C[C@@H](ON)[C@@H](CC[P+](C)(C)C[P+](C)(C)C[P+](C)(C)C)O1. The molecule has 0 aromatic rings. The lowest BCUT2D eigenvalue weighted by Gasteiger charge is -2.27. The van der Waals surface area contributed by atoms with Gasteiger partial charge in [-0.05, 0) is 6.42 Å². The molecule has 1 fully saturated rings. The van der Waals surface area contributed by atoms with Crippen LogP contribution in [0.4, 0.5) is 0 Å². The molecule has 128 valence electrons. The van der Waals surface area contributed by atoms with E-state index in [4.69, 9.17) is 23.3 Å². The molecule has 1 heterocycles. The lowest BCUT2D eigenvalue weighted by molar-refractivity contribution is -0.0147. The minimum atomic E-state index is -0.909. The molecule has 3 nitrogen and oxygen atoms in total. The Hall–Kier alpha value is 1.23. The van der Waals surface area contributed by atoms with E-state index in [9.17, 15) is 0 Å². The average Bonchev–Trinajstić information content (AvgIpc) is 2.62. The van der Waals surface area contributed by atoms with Crippen LogP contribution >= 0.6 is 21.8 Å². The van der Waals surface area contributed by atoms with E-state index < -0.39 is 21.8 Å². The summed E-state index contributed by atoms with van der Waals surface area (Å²) in [6.45, 7) is 17.5. The predicted octanol–water partition coefficient (Wildman–Crippen LogP) is 3.30. The molecule has 1 aliphatic rings. The van der Waals surface area contributed by atoms with Crippen molar-refractivity contribution in [1.29, 1.82) is 0 Å². The molecule has 2 N–H and O–H groups in total. The van der Waals surface area contributed by atoms with Gasteiger partial charge in [-0.25, -0.2) is 5.90 Å². The van der Waals surface area contributed by atoms with E-state index in [2.05, 4.69) is 46.7 Å². The van der Waals surface area contributed by atoms with Gasteiger partial charge in [0.15, 0.2) is 11.8 Å². The van der Waals surface area contributed by atoms with Gasteiger partial charge in [0.25, 0.3) is 0 Å². The Morgan fingerprint density at radius 2 is 1.64 bits per heavy atom. The molecular weight excluding hydrogens is 330 g/mol. The second kappa shape index (κ2) is 8.08. The van der Waals surface area contributed by atoms with E-state index in [-0.39, 0.29) is 18.2 Å². The Balaban J connectivity index is 2.53. The van der Waals surface area contributed by atoms with E-state index in [1.54, 1.807) is 0 Å². The molecule has 0 aromatic heterocycles. The van der Waals surface area contributed by atoms with Gasteiger partial charge in [0.2, 0.25) is 0 Å². The number of hydrogen-bond acceptors (Lipinski definition) is 3. The third kappa shape index (κ3) is 7.87. The van der Waals surface area contributed by atoms with Gasteiger partial charge in [-0.1, -0.05) is 0 Å². The van der Waals surface area contributed by atoms with E-state index in [0.29, 0.717) is 6.42 Å². The first kappa shape index (κ1) is 21.3. The van der Waals surface area contributed by atoms with Crippen molar-refractivity contribution in [2.45, 2.75) is 31.1 Å². The van der Waals surface area contributed by atoms with Gasteiger partial charge in [0, 0.05) is 26.9 Å². The second-order valence-corrected chi connectivity index (χ2v) is 24.1. The van der Waals surface area contributed by atoms with Gasteiger partial charge in [-0.2, -0.15) is 0 Å². The highest BCUT2D eigenvalue weighted by atomic mass is 31.3. The van der Waals surface area contributed by atoms with Crippen molar-refractivity contribution < 1.29 is 9.57 Å². The summed E-state index contributed by atoms with van der Waals surface area (Å²) in [5.41, 5.74) is 0. The Bertz CT molecular complexity index is 361. The largest absolute Gasteiger partial charge is 0.382 e. The van der Waals surface area contributed by atoms with Crippen molar-refractivity contribution in [3.05, 3.63) is 0 Å². The Kier molecular flexibility index (Phi) is 7.81. The van der Waals surface area contributed by atoms with Crippen LogP contribution < -0.4 is 5.90 Å². The second-order valence-electron chi connectivity index (χ2n) is 9.08. The van der Waals surface area contributed by atoms with Crippen LogP contribution in [-0.2, 0) is 9.57 Å². The Morgan fingerprint density at radius 1 is 1.05 bits per heavy atom. The molecule has 0 aromatic carbocycles. The standard InChI is InChI=1S/C15H36BNO2P3/c1-20(2,3)11-22(6,7)12-21(4,5)9-8-13-14(19-17)10-15(16)18-13/h13-15H,8-12,17H2,1-7H3/q+3/t13-,14-,15-/m1/s1. The number of rotatable bonds is 8. The topological polar surface area (TPSA) is 44.5 Å². The molecule has 7 heteroatoms. The molecule has 1 saturated heterocycles. The summed E-state index contributed by atoms with van der Waals surface area (Å²) < 4.78 is 5.78. The summed E-state index contributed by atoms with van der Waals surface area (Å²) in [5, 5.41) is 0. The van der Waals surface area contributed by atoms with Crippen LogP contribution in [0.5, 0.6) is 0 Å². The molecule has 3 atom stereocenters. The van der Waals surface area contributed by atoms with Crippen LogP contribution in [0.25, 0.3) is 0 Å². The van der Waals surface area contributed by atoms with Crippen LogP contribution in [0.2, 0.25) is 0 Å². The predicted molar refractivity (Wildman–Crippen MR) is 110 cm³/mol. The molecular formula is C15H36BNO2P3+3. The fourth-order valence-corrected chi connectivity index (χ4v) is 24.1. The molecule has 0 unspecified atom stereocenters. The van der Waals surface area contributed by atoms with E-state index in [1.165, 1.54) is 18.0 Å². The van der Waals surface area contributed by atoms with E-state index in [1.807, 2.05) is 0 Å². The van der Waals surface area contributed by atoms with E-state index >= 15 is 0 Å². The van der Waals surface area contributed by atoms with Gasteiger partial charge < -0.3 is 4.74 Å². The lowest BCUT2D eigenvalue weighted by Crippen LogP contribution is -2.28. The fourth-order valence-electron chi connectivity index (χ4n) is 3.92. The highest BCUT2D eigenvalue weighted by molar-refractivity contribution is 7.97. The van der Waals surface area contributed by atoms with E-state index in [0.717, 1.165) is 6.42 Å². The van der Waals surface area contributed by atoms with Crippen LogP contribution in [0, 0.1) is 0 Å². The summed E-state index contributed by atoms with van der Waals surface area (Å²) in [6.07, 6.45) is 3.04. The van der Waals surface area contributed by atoms with Crippen molar-refractivity contribution in [2.24, 2.45) is 5.90 Å². The van der Waals surface area contributed by atoms with Crippen molar-refractivity contribution in [1.82, 2.24) is 0 Å². The smallest absolute Gasteiger partial charge is 0.162 e. The zero-order valence-corrected chi connectivity index (χ0v) is 18.3. The number of ether oxygens (including phenoxy) is 1. The Morgan fingerprint density at radius 3 is 2.14 bits per heavy atom. The van der Waals surface area contributed by atoms with Gasteiger partial charge >= 0.3 is 0 Å². The molecule has 0 spiro atoms. The van der Waals surface area contributed by atoms with Crippen molar-refractivity contribution in [3.8, 4) is 0 Å². The highest BCUT2D eigenvalue weighted by Crippen LogP contribution is 2.74. The number of hydrogen-bond donors (Lipinski definition) is 1. The highest BCUT2D eigenvalue weighted by Gasteiger charge is 2.45. The third-order valence-electron chi connectivity index (χ3n) is 4.00. The first-order valence-electron chi connectivity index (χ1n) is 8.05. The van der Waals surface area contributed by atoms with Crippen molar-refractivity contribution in [2.75, 3.05) is 64.6 Å². The molecule has 1 rings (SSSR count).